The molecule has 2 atom stereocenters. The lowest BCUT2D eigenvalue weighted by molar-refractivity contribution is 0.202. The van der Waals surface area contributed by atoms with E-state index < -0.39 is 0 Å². The highest BCUT2D eigenvalue weighted by Crippen LogP contribution is 2.21. The fraction of sp³-hybridized carbons (Fsp3) is 0.875. The number of rotatable bonds is 0. The van der Waals surface area contributed by atoms with Crippen molar-refractivity contribution in [2.75, 3.05) is 13.1 Å². The number of nitrogens with one attached hydrogen (secondary N) is 1. The molecule has 0 saturated carbocycles. The largest absolute Gasteiger partial charge is 0.370 e. The zero-order valence-corrected chi connectivity index (χ0v) is 7.30. The van der Waals surface area contributed by atoms with Gasteiger partial charge in [0.25, 0.3) is 0 Å². The lowest BCUT2D eigenvalue weighted by Gasteiger charge is -2.35. The standard InChI is InChI=1S/C8H17N3/c1-6-3-4-11(8(9)10)5-7(6)2/h6-7H,3-5H2,1-2H3,(H3,9,10)/t6-,7-/m1/s1. The van der Waals surface area contributed by atoms with E-state index in [2.05, 4.69) is 13.8 Å². The van der Waals surface area contributed by atoms with Gasteiger partial charge in [0, 0.05) is 13.1 Å². The van der Waals surface area contributed by atoms with Crippen LogP contribution in [-0.4, -0.2) is 23.9 Å². The Kier molecular flexibility index (Phi) is 2.37. The first kappa shape index (κ1) is 8.37. The Bertz CT molecular complexity index is 155. The molecular weight excluding hydrogens is 138 g/mol. The molecule has 1 aliphatic heterocycles. The zero-order valence-electron chi connectivity index (χ0n) is 7.30. The highest BCUT2D eigenvalue weighted by Gasteiger charge is 2.22. The maximum Gasteiger partial charge on any atom is 0.188 e. The van der Waals surface area contributed by atoms with Crippen molar-refractivity contribution in [3.8, 4) is 0 Å². The van der Waals surface area contributed by atoms with Crippen LogP contribution in [0.1, 0.15) is 20.3 Å². The van der Waals surface area contributed by atoms with E-state index in [1.807, 2.05) is 4.90 Å². The minimum atomic E-state index is 0.226. The van der Waals surface area contributed by atoms with Crippen molar-refractivity contribution in [3.05, 3.63) is 0 Å². The minimum Gasteiger partial charge on any atom is -0.370 e. The first-order valence-corrected chi connectivity index (χ1v) is 4.20. The SMILES string of the molecule is C[C@@H]1CCN(C(=N)N)C[C@H]1C. The van der Waals surface area contributed by atoms with Gasteiger partial charge in [0.1, 0.15) is 0 Å². The molecule has 1 aliphatic rings. The summed E-state index contributed by atoms with van der Waals surface area (Å²) in [6.45, 7) is 6.40. The maximum atomic E-state index is 7.25. The minimum absolute atomic E-state index is 0.226. The van der Waals surface area contributed by atoms with Gasteiger partial charge in [-0.15, -0.1) is 0 Å². The van der Waals surface area contributed by atoms with Gasteiger partial charge >= 0.3 is 0 Å². The number of nitrogens with two attached hydrogens (primary N) is 1. The van der Waals surface area contributed by atoms with Crippen molar-refractivity contribution in [2.24, 2.45) is 17.6 Å². The first-order chi connectivity index (χ1) is 5.11. The summed E-state index contributed by atoms with van der Waals surface area (Å²) in [5.41, 5.74) is 5.38. The van der Waals surface area contributed by atoms with Crippen molar-refractivity contribution in [1.82, 2.24) is 4.90 Å². The summed E-state index contributed by atoms with van der Waals surface area (Å²) < 4.78 is 0. The van der Waals surface area contributed by atoms with Gasteiger partial charge in [-0.2, -0.15) is 0 Å². The molecule has 1 rings (SSSR count). The number of piperidine rings is 1. The molecule has 3 nitrogen and oxygen atoms in total. The molecule has 0 amide bonds. The molecule has 11 heavy (non-hydrogen) atoms. The van der Waals surface area contributed by atoms with Crippen LogP contribution in [0.5, 0.6) is 0 Å². The van der Waals surface area contributed by atoms with Crippen molar-refractivity contribution < 1.29 is 0 Å². The molecule has 0 radical (unpaired) electrons. The van der Waals surface area contributed by atoms with Gasteiger partial charge in [-0.25, -0.2) is 0 Å². The Hall–Kier alpha value is -0.730. The maximum absolute atomic E-state index is 7.25. The van der Waals surface area contributed by atoms with Crippen molar-refractivity contribution in [3.63, 3.8) is 0 Å². The van der Waals surface area contributed by atoms with Crippen molar-refractivity contribution >= 4 is 5.96 Å². The van der Waals surface area contributed by atoms with E-state index in [-0.39, 0.29) is 5.96 Å². The quantitative estimate of drug-likeness (QED) is 0.402. The molecule has 0 bridgehead atoms. The smallest absolute Gasteiger partial charge is 0.188 e. The Morgan fingerprint density at radius 2 is 2.09 bits per heavy atom. The third-order valence-electron chi connectivity index (χ3n) is 2.67. The third-order valence-corrected chi connectivity index (χ3v) is 2.67. The number of guanidine groups is 1. The number of nitrogens with zero attached hydrogens (tertiary/aromatic N) is 1. The second-order valence-electron chi connectivity index (χ2n) is 3.57. The van der Waals surface area contributed by atoms with E-state index in [1.165, 1.54) is 6.42 Å². The molecule has 0 aliphatic carbocycles. The van der Waals surface area contributed by atoms with Gasteiger partial charge < -0.3 is 10.6 Å². The van der Waals surface area contributed by atoms with Gasteiger partial charge in [0.15, 0.2) is 5.96 Å². The van der Waals surface area contributed by atoms with Crippen LogP contribution in [0.25, 0.3) is 0 Å². The number of likely N-dealkylation sites (tertiary alicyclic amines) is 1. The predicted molar refractivity (Wildman–Crippen MR) is 46.4 cm³/mol. The summed E-state index contributed by atoms with van der Waals surface area (Å²) in [5.74, 6) is 1.68. The summed E-state index contributed by atoms with van der Waals surface area (Å²) in [6.07, 6.45) is 1.17. The van der Waals surface area contributed by atoms with Crippen LogP contribution < -0.4 is 5.73 Å². The molecule has 1 saturated heterocycles. The highest BCUT2D eigenvalue weighted by molar-refractivity contribution is 5.74. The summed E-state index contributed by atoms with van der Waals surface area (Å²) in [6, 6.07) is 0. The second kappa shape index (κ2) is 3.11. The van der Waals surface area contributed by atoms with Crippen LogP contribution in [0.3, 0.4) is 0 Å². The summed E-state index contributed by atoms with van der Waals surface area (Å²) in [5, 5.41) is 7.25. The Labute approximate surface area is 68.1 Å². The average Bonchev–Trinajstić information content (AvgIpc) is 1.94. The highest BCUT2D eigenvalue weighted by atomic mass is 15.2. The molecular formula is C8H17N3. The van der Waals surface area contributed by atoms with Gasteiger partial charge in [-0.05, 0) is 18.3 Å². The van der Waals surface area contributed by atoms with Crippen molar-refractivity contribution in [2.45, 2.75) is 20.3 Å². The molecule has 3 N–H and O–H groups in total. The fourth-order valence-corrected chi connectivity index (χ4v) is 1.48. The van der Waals surface area contributed by atoms with Crippen LogP contribution in [0, 0.1) is 17.2 Å². The third kappa shape index (κ3) is 1.85. The Balaban J connectivity index is 2.46. The van der Waals surface area contributed by atoms with E-state index in [4.69, 9.17) is 11.1 Å². The van der Waals surface area contributed by atoms with Crippen LogP contribution in [0.2, 0.25) is 0 Å². The van der Waals surface area contributed by atoms with Gasteiger partial charge in [0.2, 0.25) is 0 Å². The summed E-state index contributed by atoms with van der Waals surface area (Å²) in [4.78, 5) is 1.95. The van der Waals surface area contributed by atoms with E-state index in [9.17, 15) is 0 Å². The predicted octanol–water partition coefficient (Wildman–Crippen LogP) is 0.858. The van der Waals surface area contributed by atoms with E-state index in [1.54, 1.807) is 0 Å². The van der Waals surface area contributed by atoms with Crippen LogP contribution >= 0.6 is 0 Å². The molecule has 3 heteroatoms. The number of hydrogen-bond acceptors (Lipinski definition) is 1. The molecule has 0 unspecified atom stereocenters. The first-order valence-electron chi connectivity index (χ1n) is 4.20. The van der Waals surface area contributed by atoms with Crippen LogP contribution in [0.15, 0.2) is 0 Å². The Morgan fingerprint density at radius 1 is 1.45 bits per heavy atom. The molecule has 1 fully saturated rings. The monoisotopic (exact) mass is 155 g/mol. The van der Waals surface area contributed by atoms with Gasteiger partial charge in [0.05, 0.1) is 0 Å². The summed E-state index contributed by atoms with van der Waals surface area (Å²) in [7, 11) is 0. The lowest BCUT2D eigenvalue weighted by Crippen LogP contribution is -2.45. The normalized spacial score (nSPS) is 32.0. The van der Waals surface area contributed by atoms with E-state index >= 15 is 0 Å². The van der Waals surface area contributed by atoms with Crippen LogP contribution in [-0.2, 0) is 0 Å². The molecule has 64 valence electrons. The van der Waals surface area contributed by atoms with E-state index in [0.717, 1.165) is 19.0 Å². The van der Waals surface area contributed by atoms with Crippen molar-refractivity contribution in [1.29, 1.82) is 5.41 Å². The molecule has 0 aromatic rings. The van der Waals surface area contributed by atoms with E-state index in [0.29, 0.717) is 5.92 Å². The zero-order chi connectivity index (χ0) is 8.43. The topological polar surface area (TPSA) is 53.1 Å². The lowest BCUT2D eigenvalue weighted by atomic mass is 9.89. The van der Waals surface area contributed by atoms with Gasteiger partial charge in [-0.1, -0.05) is 13.8 Å². The second-order valence-corrected chi connectivity index (χ2v) is 3.57. The molecule has 0 aromatic heterocycles. The molecule has 0 spiro atoms. The Morgan fingerprint density at radius 3 is 2.55 bits per heavy atom. The number of hydrogen-bond donors (Lipinski definition) is 2. The molecule has 0 aromatic carbocycles. The van der Waals surface area contributed by atoms with Crippen LogP contribution in [0.4, 0.5) is 0 Å². The van der Waals surface area contributed by atoms with Gasteiger partial charge in [-0.3, -0.25) is 5.41 Å². The average molecular weight is 155 g/mol. The summed E-state index contributed by atoms with van der Waals surface area (Å²) >= 11 is 0. The molecule has 1 heterocycles. The fourth-order valence-electron chi connectivity index (χ4n) is 1.48.